The van der Waals surface area contributed by atoms with Gasteiger partial charge < -0.3 is 123 Å². The van der Waals surface area contributed by atoms with Crippen molar-refractivity contribution in [1.82, 2.24) is 47.9 Å². The number of hydrogen-bond acceptors (Lipinski definition) is 26. The van der Waals surface area contributed by atoms with Gasteiger partial charge in [0.1, 0.15) is 60.8 Å². The number of esters is 1. The first-order valence-corrected chi connectivity index (χ1v) is 39.2. The van der Waals surface area contributed by atoms with E-state index in [1.807, 2.05) is 80.0 Å². The van der Waals surface area contributed by atoms with Crippen molar-refractivity contribution in [3.05, 3.63) is 96.7 Å². The van der Waals surface area contributed by atoms with Crippen molar-refractivity contribution in [2.45, 2.75) is 260 Å². The molecule has 36 heteroatoms. The standard InChI is InChI=1S/C79H118N10O26/c1-40(2)48-34-53(94)50(39-90)86-74(104)49(85-78(108)66(79(109)110)89-75(105)54(95)38-84-76(106)64(46(8)91)87-77(107)65(88-73(48)103)68(99)69(100)71(80)101)37-83-72(102)45(7)81-31-32-82-62(96)27-19-18-21-41(3)33-42(4)70-58-30-29-47(111-70)22-14-10-9-11-15-23-51(92)67(98)61-35-52(93)43(5)55(113-61)25-20-26-56-44(6)59-36-60(112-56)57(114-59)24-16-12-13-17-28-63(97)115-58/h10,12-17,20,23-24,26,28-30,33,40-41,43-52,54-61,64-70,81,90-93,95,98-100H,9,11,18-19,21-22,25,27,31-32,34-39H2,1-8H3,(H2,80,101)(H,82,96)(H,83,102)(H,84,106)(H,85,108)(H,86,104)(H,87,107)(H,88,103)(H,89,105)(H,109,110)/b13-12-,14-10+,23-15+,24-16+,26-20+,28-17-,42-33+/t41-,43-,44?,45?,46?,47?,48?,49?,50?,51+,52+,54?,55-,56+,57-,58?,59?,60?,61-,64?,65?,66?,67+,68?,69?,70?/m1/s1. The lowest BCUT2D eigenvalue weighted by Crippen LogP contribution is -2.64. The number of carboxylic acids is 1. The third-order valence-electron chi connectivity index (χ3n) is 21.0. The Hall–Kier alpha value is -8.76. The smallest absolute Gasteiger partial charge is 0.336 e. The number of carbonyl (C=O) groups is 12. The average Bonchev–Trinajstić information content (AvgIpc) is 1.67. The van der Waals surface area contributed by atoms with Gasteiger partial charge in [-0.1, -0.05) is 120 Å². The predicted molar refractivity (Wildman–Crippen MR) is 412 cm³/mol. The number of rotatable bonds is 21. The Kier molecular flexibility index (Phi) is 38.7. The van der Waals surface area contributed by atoms with Gasteiger partial charge in [0.15, 0.2) is 18.0 Å². The largest absolute Gasteiger partial charge is 0.479 e. The second-order valence-corrected chi connectivity index (χ2v) is 30.4. The number of Topliss-reactive ketones (excluding diaryl/α,β-unsaturated/α-hetero) is 1. The topological polar surface area (TPSA) is 567 Å². The van der Waals surface area contributed by atoms with Gasteiger partial charge in [0.25, 0.3) is 11.8 Å². The number of carbonyl (C=O) groups excluding carboxylic acids is 11. The molecule has 0 aromatic heterocycles. The monoisotopic (exact) mass is 1620 g/mol. The molecule has 7 heterocycles. The number of primary amides is 1. The summed E-state index contributed by atoms with van der Waals surface area (Å²) in [6.07, 6.45) is 15.3. The van der Waals surface area contributed by atoms with Gasteiger partial charge in [0.05, 0.1) is 68.0 Å². The Labute approximate surface area is 668 Å². The number of hydrogen-bond donors (Lipinski definition) is 19. The summed E-state index contributed by atoms with van der Waals surface area (Å²) in [5.74, 6) is -17.6. The van der Waals surface area contributed by atoms with Gasteiger partial charge in [0.2, 0.25) is 47.4 Å². The molecule has 115 heavy (non-hydrogen) atoms. The van der Waals surface area contributed by atoms with Gasteiger partial charge in [-0.2, -0.15) is 0 Å². The molecular formula is C79H118N10O26. The van der Waals surface area contributed by atoms with Crippen molar-refractivity contribution >= 4 is 70.9 Å². The lowest BCUT2D eigenvalue weighted by molar-refractivity contribution is -0.175. The number of β-amino-alcohol motifs (C(OH)–C–C–N with tert-alkyl or cyclic N) is 1. The normalized spacial score (nSPS) is 34.7. The van der Waals surface area contributed by atoms with Crippen LogP contribution in [0.4, 0.5) is 0 Å². The Balaban J connectivity index is 1.03. The molecule has 0 radical (unpaired) electrons. The number of aliphatic carboxylic acids is 1. The van der Waals surface area contributed by atoms with Crippen LogP contribution >= 0.6 is 0 Å². The molecule has 0 saturated carbocycles. The molecular weight excluding hydrogens is 1500 g/mol. The molecule has 20 N–H and O–H groups in total. The molecule has 640 valence electrons. The Morgan fingerprint density at radius 2 is 1.34 bits per heavy atom. The molecule has 7 bridgehead atoms. The summed E-state index contributed by atoms with van der Waals surface area (Å²) in [5, 5.41) is 116. The summed E-state index contributed by atoms with van der Waals surface area (Å²) in [4.78, 5) is 160. The molecule has 0 aromatic rings. The third-order valence-corrected chi connectivity index (χ3v) is 21.0. The number of aliphatic hydroxyl groups excluding tert-OH is 8. The van der Waals surface area contributed by atoms with Crippen LogP contribution in [0.3, 0.4) is 0 Å². The summed E-state index contributed by atoms with van der Waals surface area (Å²) < 4.78 is 31.8. The lowest BCUT2D eigenvalue weighted by atomic mass is 9.85. The number of carboxylic acid groups (broad SMARTS) is 1. The number of unbranched alkanes of at least 4 members (excludes halogenated alkanes) is 1. The SMILES string of the molecule is C/C(=C\[C@H](C)CCCCC(=O)NCCNC(C)C(=O)NCC1NC(=O)C(C(=O)O)NC(=O)C(O)CNC(=O)C(C(C)O)NC(=O)C(C(O)C(O)C(N)=O)NC(=O)C(C(C)C)CC(=O)C(CO)NC1=O)C1OC2C=CC1OC(=O)\C=C/C=C\C=C\[C@H]1OC3CC1O[C@@H](/C=C/C[C@H]1O[C@H](C[C@H](O)[C@H]1C)[C@@H](O)[C@@H](O)/C=C/CC/C=C/C2)C3C. The first kappa shape index (κ1) is 95.1. The highest BCUT2D eigenvalue weighted by Gasteiger charge is 2.47. The van der Waals surface area contributed by atoms with E-state index in [0.717, 1.165) is 18.9 Å². The van der Waals surface area contributed by atoms with Crippen molar-refractivity contribution < 1.29 is 127 Å². The Bertz CT molecular complexity index is 3580. The van der Waals surface area contributed by atoms with Crippen molar-refractivity contribution in [3.8, 4) is 0 Å². The zero-order valence-electron chi connectivity index (χ0n) is 66.1. The van der Waals surface area contributed by atoms with E-state index in [1.165, 1.54) is 26.8 Å². The van der Waals surface area contributed by atoms with Crippen molar-refractivity contribution in [2.75, 3.05) is 32.8 Å². The quantitative estimate of drug-likeness (QED) is 0.0232. The fourth-order valence-corrected chi connectivity index (χ4v) is 13.8. The summed E-state index contributed by atoms with van der Waals surface area (Å²) in [7, 11) is 0. The number of fused-ring (bicyclic) bond motifs is 13. The molecule has 7 aliphatic heterocycles. The molecule has 36 nitrogen and oxygen atoms in total. The second-order valence-electron chi connectivity index (χ2n) is 30.4. The minimum absolute atomic E-state index is 0.00320. The van der Waals surface area contributed by atoms with Gasteiger partial charge >= 0.3 is 11.9 Å². The zero-order chi connectivity index (χ0) is 84.9. The molecule has 0 aliphatic carbocycles. The van der Waals surface area contributed by atoms with E-state index in [2.05, 4.69) is 44.9 Å². The van der Waals surface area contributed by atoms with E-state index in [0.29, 0.717) is 44.9 Å². The Morgan fingerprint density at radius 1 is 0.643 bits per heavy atom. The summed E-state index contributed by atoms with van der Waals surface area (Å²) in [5.41, 5.74) is 5.97. The summed E-state index contributed by atoms with van der Waals surface area (Å²) in [6.45, 7) is 10.1. The summed E-state index contributed by atoms with van der Waals surface area (Å²) in [6, 6.07) is -12.0. The molecule has 26 atom stereocenters. The van der Waals surface area contributed by atoms with Gasteiger partial charge in [-0.25, -0.2) is 9.59 Å². The van der Waals surface area contributed by atoms with Gasteiger partial charge in [0, 0.05) is 69.1 Å². The molecule has 9 amide bonds. The fourth-order valence-electron chi connectivity index (χ4n) is 13.8. The summed E-state index contributed by atoms with van der Waals surface area (Å²) >= 11 is 0. The van der Waals surface area contributed by atoms with Gasteiger partial charge in [-0.15, -0.1) is 0 Å². The molecule has 7 rings (SSSR count). The number of aliphatic hydroxyl groups is 8. The van der Waals surface area contributed by atoms with Gasteiger partial charge in [-0.05, 0) is 82.8 Å². The number of allylic oxidation sites excluding steroid dienone is 7. The maximum Gasteiger partial charge on any atom is 0.336 e. The number of amides is 9. The van der Waals surface area contributed by atoms with Crippen LogP contribution in [-0.2, 0) is 81.2 Å². The van der Waals surface area contributed by atoms with E-state index < -0.39 is 206 Å². The minimum Gasteiger partial charge on any atom is -0.479 e. The van der Waals surface area contributed by atoms with Gasteiger partial charge in [-0.3, -0.25) is 47.9 Å². The average molecular weight is 1620 g/mol. The highest BCUT2D eigenvalue weighted by atomic mass is 16.6. The predicted octanol–water partition coefficient (Wildman–Crippen LogP) is -3.27. The van der Waals surface area contributed by atoms with E-state index in [4.69, 9.17) is 29.4 Å². The van der Waals surface area contributed by atoms with E-state index in [1.54, 1.807) is 35.7 Å². The maximum absolute atomic E-state index is 14.0. The maximum atomic E-state index is 14.0. The third kappa shape index (κ3) is 29.4. The molecule has 4 saturated heterocycles. The first-order valence-electron chi connectivity index (χ1n) is 39.2. The lowest BCUT2D eigenvalue weighted by Gasteiger charge is -2.40. The number of ketones is 1. The van der Waals surface area contributed by atoms with E-state index in [-0.39, 0.29) is 80.1 Å². The Morgan fingerprint density at radius 3 is 2.03 bits per heavy atom. The number of ether oxygens (including phenoxy) is 5. The highest BCUT2D eigenvalue weighted by Crippen LogP contribution is 2.39. The van der Waals surface area contributed by atoms with Crippen LogP contribution in [0.1, 0.15) is 126 Å². The van der Waals surface area contributed by atoms with Crippen LogP contribution in [0.15, 0.2) is 96.7 Å². The number of nitrogens with two attached hydrogens (primary N) is 1. The van der Waals surface area contributed by atoms with Crippen molar-refractivity contribution in [2.24, 2.45) is 35.3 Å². The van der Waals surface area contributed by atoms with Crippen LogP contribution in [0.25, 0.3) is 0 Å². The zero-order valence-corrected chi connectivity index (χ0v) is 66.1. The van der Waals surface area contributed by atoms with Crippen molar-refractivity contribution in [1.29, 1.82) is 0 Å². The van der Waals surface area contributed by atoms with Crippen molar-refractivity contribution in [3.63, 3.8) is 0 Å². The molecule has 7 aliphatic rings. The molecule has 0 aromatic carbocycles. The van der Waals surface area contributed by atoms with E-state index in [9.17, 15) is 103 Å². The second kappa shape index (κ2) is 46.8. The van der Waals surface area contributed by atoms with Crippen LogP contribution in [-0.4, -0.2) is 284 Å². The molecule has 0 spiro atoms. The highest BCUT2D eigenvalue weighted by molar-refractivity contribution is 6.06. The fraction of sp³-hybridized carbons (Fsp3) is 0.646. The van der Waals surface area contributed by atoms with Crippen LogP contribution in [0, 0.1) is 29.6 Å². The number of nitrogens with one attached hydrogen (secondary N) is 9. The van der Waals surface area contributed by atoms with E-state index >= 15 is 0 Å². The van der Waals surface area contributed by atoms with Crippen LogP contribution < -0.4 is 53.6 Å². The van der Waals surface area contributed by atoms with Crippen LogP contribution in [0.2, 0.25) is 0 Å². The van der Waals surface area contributed by atoms with Crippen LogP contribution in [0.5, 0.6) is 0 Å². The minimum atomic E-state index is -2.61. The molecule has 17 unspecified atom stereocenters. The first-order chi connectivity index (χ1) is 54.5. The molecule has 4 fully saturated rings.